The molecular formula is C14H15ClIN3O. The van der Waals surface area contributed by atoms with Crippen molar-refractivity contribution in [2.45, 2.75) is 12.5 Å². The molecule has 2 unspecified atom stereocenters. The van der Waals surface area contributed by atoms with E-state index in [1.54, 1.807) is 6.33 Å². The summed E-state index contributed by atoms with van der Waals surface area (Å²) in [6, 6.07) is 5.87. The number of halogens is 2. The Morgan fingerprint density at radius 1 is 1.50 bits per heavy atom. The van der Waals surface area contributed by atoms with Crippen LogP contribution in [0.25, 0.3) is 5.69 Å². The van der Waals surface area contributed by atoms with Gasteiger partial charge in [-0.3, -0.25) is 0 Å². The number of rotatable bonds is 3. The van der Waals surface area contributed by atoms with Gasteiger partial charge in [-0.15, -0.1) is 0 Å². The van der Waals surface area contributed by atoms with Gasteiger partial charge in [0, 0.05) is 16.1 Å². The third kappa shape index (κ3) is 2.72. The van der Waals surface area contributed by atoms with Crippen LogP contribution < -0.4 is 5.73 Å². The van der Waals surface area contributed by atoms with E-state index in [1.807, 2.05) is 29.0 Å². The van der Waals surface area contributed by atoms with E-state index in [0.717, 1.165) is 28.0 Å². The lowest BCUT2D eigenvalue weighted by Crippen LogP contribution is -2.24. The van der Waals surface area contributed by atoms with Gasteiger partial charge in [0.1, 0.15) is 0 Å². The van der Waals surface area contributed by atoms with Crippen LogP contribution in [0.4, 0.5) is 0 Å². The highest BCUT2D eigenvalue weighted by molar-refractivity contribution is 14.1. The van der Waals surface area contributed by atoms with Crippen LogP contribution in [-0.4, -0.2) is 22.8 Å². The fourth-order valence-corrected chi connectivity index (χ4v) is 3.45. The van der Waals surface area contributed by atoms with E-state index in [0.29, 0.717) is 17.5 Å². The molecule has 1 aromatic carbocycles. The summed E-state index contributed by atoms with van der Waals surface area (Å²) in [4.78, 5) is 4.24. The summed E-state index contributed by atoms with van der Waals surface area (Å²) in [6.07, 6.45) is 4.57. The molecule has 2 heterocycles. The first-order valence-electron chi connectivity index (χ1n) is 6.48. The highest BCUT2D eigenvalue weighted by atomic mass is 127. The van der Waals surface area contributed by atoms with Gasteiger partial charge in [-0.1, -0.05) is 11.6 Å². The number of nitrogens with zero attached hydrogens (tertiary/aromatic N) is 2. The Hall–Kier alpha value is -0.630. The zero-order valence-corrected chi connectivity index (χ0v) is 13.7. The van der Waals surface area contributed by atoms with Gasteiger partial charge < -0.3 is 15.0 Å². The summed E-state index contributed by atoms with van der Waals surface area (Å²) in [5.41, 5.74) is 8.26. The van der Waals surface area contributed by atoms with Crippen molar-refractivity contribution in [3.05, 3.63) is 45.0 Å². The predicted molar refractivity (Wildman–Crippen MR) is 87.1 cm³/mol. The van der Waals surface area contributed by atoms with Gasteiger partial charge in [0.15, 0.2) is 0 Å². The summed E-state index contributed by atoms with van der Waals surface area (Å²) >= 11 is 8.58. The number of imidazole rings is 1. The molecular weight excluding hydrogens is 389 g/mol. The van der Waals surface area contributed by atoms with Gasteiger partial charge in [0.25, 0.3) is 0 Å². The molecule has 2 aromatic rings. The summed E-state index contributed by atoms with van der Waals surface area (Å²) < 4.78 is 8.50. The maximum Gasteiger partial charge on any atom is 0.0995 e. The van der Waals surface area contributed by atoms with Crippen molar-refractivity contribution in [3.8, 4) is 5.69 Å². The van der Waals surface area contributed by atoms with Crippen molar-refractivity contribution in [1.82, 2.24) is 9.55 Å². The number of hydrogen-bond donors (Lipinski definition) is 1. The standard InChI is InChI=1S/C14H15ClIN3O/c15-11-5-10(16)1-2-12(11)19-8-18-6-13(19)14(17)9-3-4-20-7-9/h1-2,5-6,8-9,14H,3-4,7,17H2. The molecule has 1 aliphatic rings. The molecule has 0 aliphatic carbocycles. The SMILES string of the molecule is NC(c1cncn1-c1ccc(I)cc1Cl)C1CCOC1. The molecule has 1 aliphatic heterocycles. The molecule has 2 atom stereocenters. The Kier molecular flexibility index (Phi) is 4.30. The van der Waals surface area contributed by atoms with Crippen LogP contribution in [0, 0.1) is 9.49 Å². The van der Waals surface area contributed by atoms with Crippen LogP contribution >= 0.6 is 34.2 Å². The first kappa shape index (κ1) is 14.3. The molecule has 4 nitrogen and oxygen atoms in total. The molecule has 3 rings (SSSR count). The Balaban J connectivity index is 1.97. The van der Waals surface area contributed by atoms with Gasteiger partial charge in [-0.25, -0.2) is 4.98 Å². The van der Waals surface area contributed by atoms with Crippen molar-refractivity contribution in [2.24, 2.45) is 11.7 Å². The van der Waals surface area contributed by atoms with E-state index in [2.05, 4.69) is 27.6 Å². The number of aromatic nitrogens is 2. The topological polar surface area (TPSA) is 53.1 Å². The van der Waals surface area contributed by atoms with Crippen LogP contribution in [0.5, 0.6) is 0 Å². The summed E-state index contributed by atoms with van der Waals surface area (Å²) in [7, 11) is 0. The van der Waals surface area contributed by atoms with Gasteiger partial charge in [0.05, 0.1) is 41.6 Å². The monoisotopic (exact) mass is 403 g/mol. The highest BCUT2D eigenvalue weighted by Crippen LogP contribution is 2.30. The third-order valence-electron chi connectivity index (χ3n) is 3.65. The molecule has 0 spiro atoms. The van der Waals surface area contributed by atoms with Crippen LogP contribution in [0.15, 0.2) is 30.7 Å². The minimum Gasteiger partial charge on any atom is -0.381 e. The minimum atomic E-state index is -0.0876. The second-order valence-electron chi connectivity index (χ2n) is 4.93. The quantitative estimate of drug-likeness (QED) is 0.801. The molecule has 0 saturated carbocycles. The van der Waals surface area contributed by atoms with Crippen molar-refractivity contribution in [1.29, 1.82) is 0 Å². The fourth-order valence-electron chi connectivity index (χ4n) is 2.51. The summed E-state index contributed by atoms with van der Waals surface area (Å²) in [6.45, 7) is 1.50. The lowest BCUT2D eigenvalue weighted by molar-refractivity contribution is 0.180. The van der Waals surface area contributed by atoms with Gasteiger partial charge in [0.2, 0.25) is 0 Å². The predicted octanol–water partition coefficient (Wildman–Crippen LogP) is 3.17. The normalized spacial score (nSPS) is 20.2. The van der Waals surface area contributed by atoms with Crippen LogP contribution in [-0.2, 0) is 4.74 Å². The molecule has 0 bridgehead atoms. The van der Waals surface area contributed by atoms with Crippen molar-refractivity contribution in [3.63, 3.8) is 0 Å². The average Bonchev–Trinajstić information content (AvgIpc) is 3.09. The molecule has 6 heteroatoms. The largest absolute Gasteiger partial charge is 0.381 e. The van der Waals surface area contributed by atoms with Crippen LogP contribution in [0.1, 0.15) is 18.2 Å². The van der Waals surface area contributed by atoms with E-state index in [9.17, 15) is 0 Å². The molecule has 0 radical (unpaired) electrons. The van der Waals surface area contributed by atoms with Gasteiger partial charge >= 0.3 is 0 Å². The lowest BCUT2D eigenvalue weighted by atomic mass is 9.97. The first-order valence-corrected chi connectivity index (χ1v) is 7.93. The number of ether oxygens (including phenoxy) is 1. The van der Waals surface area contributed by atoms with Crippen molar-refractivity contribution >= 4 is 34.2 Å². The Morgan fingerprint density at radius 3 is 3.05 bits per heavy atom. The zero-order valence-electron chi connectivity index (χ0n) is 10.8. The van der Waals surface area contributed by atoms with Crippen LogP contribution in [0.2, 0.25) is 5.02 Å². The highest BCUT2D eigenvalue weighted by Gasteiger charge is 2.26. The number of benzene rings is 1. The molecule has 106 valence electrons. The van der Waals surface area contributed by atoms with Gasteiger partial charge in [-0.05, 0) is 47.2 Å². The first-order chi connectivity index (χ1) is 9.66. The van der Waals surface area contributed by atoms with Crippen LogP contribution in [0.3, 0.4) is 0 Å². The molecule has 1 aromatic heterocycles. The Bertz CT molecular complexity index is 610. The summed E-state index contributed by atoms with van der Waals surface area (Å²) in [5.74, 6) is 0.341. The Labute approximate surface area is 136 Å². The summed E-state index contributed by atoms with van der Waals surface area (Å²) in [5, 5.41) is 0.700. The van der Waals surface area contributed by atoms with E-state index in [4.69, 9.17) is 22.1 Å². The Morgan fingerprint density at radius 2 is 2.35 bits per heavy atom. The molecule has 1 fully saturated rings. The maximum atomic E-state index is 6.38. The van der Waals surface area contributed by atoms with Gasteiger partial charge in [-0.2, -0.15) is 0 Å². The molecule has 1 saturated heterocycles. The lowest BCUT2D eigenvalue weighted by Gasteiger charge is -2.20. The van der Waals surface area contributed by atoms with E-state index in [1.165, 1.54) is 0 Å². The van der Waals surface area contributed by atoms with E-state index < -0.39 is 0 Å². The minimum absolute atomic E-state index is 0.0876. The number of nitrogens with two attached hydrogens (primary N) is 1. The molecule has 0 amide bonds. The average molecular weight is 404 g/mol. The molecule has 2 N–H and O–H groups in total. The smallest absolute Gasteiger partial charge is 0.0995 e. The number of hydrogen-bond acceptors (Lipinski definition) is 3. The van der Waals surface area contributed by atoms with E-state index >= 15 is 0 Å². The zero-order chi connectivity index (χ0) is 14.1. The van der Waals surface area contributed by atoms with Crippen molar-refractivity contribution < 1.29 is 4.74 Å². The van der Waals surface area contributed by atoms with Crippen molar-refractivity contribution in [2.75, 3.05) is 13.2 Å². The third-order valence-corrected chi connectivity index (χ3v) is 4.62. The second kappa shape index (κ2) is 6.01. The van der Waals surface area contributed by atoms with E-state index in [-0.39, 0.29) is 6.04 Å². The fraction of sp³-hybridized carbons (Fsp3) is 0.357. The maximum absolute atomic E-state index is 6.38. The molecule has 20 heavy (non-hydrogen) atoms. The second-order valence-corrected chi connectivity index (χ2v) is 6.59.